The Morgan fingerprint density at radius 1 is 1.00 bits per heavy atom. The van der Waals surface area contributed by atoms with Crippen molar-refractivity contribution in [3.05, 3.63) is 0 Å². The molecule has 3 atom stereocenters. The molecule has 20 heavy (non-hydrogen) atoms. The Balaban J connectivity index is 1.49. The van der Waals surface area contributed by atoms with E-state index < -0.39 is 0 Å². The maximum atomic E-state index is 3.59. The van der Waals surface area contributed by atoms with Crippen LogP contribution in [-0.4, -0.2) is 62.7 Å². The monoisotopic (exact) mass is 281 g/mol. The molecule has 0 heterocycles. The molecular weight excluding hydrogens is 246 g/mol. The van der Waals surface area contributed by atoms with Gasteiger partial charge in [-0.2, -0.15) is 0 Å². The molecule has 2 rings (SSSR count). The Hall–Kier alpha value is -0.120. The van der Waals surface area contributed by atoms with Crippen molar-refractivity contribution in [2.75, 3.05) is 52.9 Å². The van der Waals surface area contributed by atoms with E-state index in [1.54, 1.807) is 6.42 Å². The first-order valence-corrected chi connectivity index (χ1v) is 8.84. The lowest BCUT2D eigenvalue weighted by Gasteiger charge is -2.27. The van der Waals surface area contributed by atoms with Crippen molar-refractivity contribution in [1.29, 1.82) is 0 Å². The van der Waals surface area contributed by atoms with E-state index in [9.17, 15) is 0 Å². The zero-order valence-corrected chi connectivity index (χ0v) is 13.9. The van der Waals surface area contributed by atoms with Crippen LogP contribution < -0.4 is 5.32 Å². The summed E-state index contributed by atoms with van der Waals surface area (Å²) in [6.45, 7) is 12.8. The van der Waals surface area contributed by atoms with Crippen LogP contribution in [-0.2, 0) is 0 Å². The molecule has 0 amide bonds. The van der Waals surface area contributed by atoms with Crippen LogP contribution in [0.15, 0.2) is 0 Å². The number of likely N-dealkylation sites (N-methyl/N-ethyl adjacent to an activating group) is 2. The first-order valence-electron chi connectivity index (χ1n) is 8.84. The van der Waals surface area contributed by atoms with E-state index in [1.165, 1.54) is 52.0 Å². The molecule has 0 aromatic rings. The number of nitrogens with zero attached hydrogens (tertiary/aromatic N) is 2. The molecule has 3 unspecified atom stereocenters. The molecule has 0 aromatic carbocycles. The van der Waals surface area contributed by atoms with Gasteiger partial charge in [0.2, 0.25) is 0 Å². The van der Waals surface area contributed by atoms with E-state index >= 15 is 0 Å². The van der Waals surface area contributed by atoms with E-state index in [0.29, 0.717) is 0 Å². The fraction of sp³-hybridized carbons (Fsp3) is 1.00. The van der Waals surface area contributed by atoms with Gasteiger partial charge in [0.05, 0.1) is 0 Å². The van der Waals surface area contributed by atoms with Crippen LogP contribution >= 0.6 is 0 Å². The highest BCUT2D eigenvalue weighted by molar-refractivity contribution is 4.90. The first-order chi connectivity index (χ1) is 9.72. The van der Waals surface area contributed by atoms with Crippen molar-refractivity contribution in [3.63, 3.8) is 0 Å². The van der Waals surface area contributed by atoms with Crippen molar-refractivity contribution in [2.24, 2.45) is 17.8 Å². The average molecular weight is 281 g/mol. The van der Waals surface area contributed by atoms with Crippen LogP contribution in [0.3, 0.4) is 0 Å². The SMILES string of the molecule is CCN(CC)CCNCCN(C)CC1CC2CCC1C2. The topological polar surface area (TPSA) is 18.5 Å². The van der Waals surface area contributed by atoms with Gasteiger partial charge in [-0.15, -0.1) is 0 Å². The Labute approximate surface area is 126 Å². The minimum absolute atomic E-state index is 1.01. The summed E-state index contributed by atoms with van der Waals surface area (Å²) in [6, 6.07) is 0. The van der Waals surface area contributed by atoms with Crippen LogP contribution in [0, 0.1) is 17.8 Å². The molecule has 2 aliphatic carbocycles. The van der Waals surface area contributed by atoms with Gasteiger partial charge in [0.25, 0.3) is 0 Å². The highest BCUT2D eigenvalue weighted by Crippen LogP contribution is 2.48. The lowest BCUT2D eigenvalue weighted by molar-refractivity contribution is 0.218. The third kappa shape index (κ3) is 4.71. The average Bonchev–Trinajstić information content (AvgIpc) is 3.05. The van der Waals surface area contributed by atoms with E-state index in [2.05, 4.69) is 36.0 Å². The van der Waals surface area contributed by atoms with Gasteiger partial charge >= 0.3 is 0 Å². The van der Waals surface area contributed by atoms with Crippen LogP contribution in [0.5, 0.6) is 0 Å². The highest BCUT2D eigenvalue weighted by Gasteiger charge is 2.39. The van der Waals surface area contributed by atoms with E-state index in [-0.39, 0.29) is 0 Å². The molecule has 2 bridgehead atoms. The normalized spacial score (nSPS) is 28.9. The Bertz CT molecular complexity index is 265. The molecule has 0 radical (unpaired) electrons. The van der Waals surface area contributed by atoms with E-state index in [1.807, 2.05) is 0 Å². The van der Waals surface area contributed by atoms with Gasteiger partial charge in [0, 0.05) is 32.7 Å². The maximum Gasteiger partial charge on any atom is 0.0107 e. The summed E-state index contributed by atoms with van der Waals surface area (Å²) in [5.41, 5.74) is 0. The Morgan fingerprint density at radius 3 is 2.35 bits per heavy atom. The van der Waals surface area contributed by atoms with Gasteiger partial charge in [0.15, 0.2) is 0 Å². The minimum Gasteiger partial charge on any atom is -0.314 e. The highest BCUT2D eigenvalue weighted by atomic mass is 15.1. The van der Waals surface area contributed by atoms with Gasteiger partial charge in [-0.1, -0.05) is 20.3 Å². The summed E-state index contributed by atoms with van der Waals surface area (Å²) in [4.78, 5) is 5.03. The van der Waals surface area contributed by atoms with Crippen molar-refractivity contribution in [3.8, 4) is 0 Å². The predicted molar refractivity (Wildman–Crippen MR) is 87.1 cm³/mol. The van der Waals surface area contributed by atoms with Gasteiger partial charge in [-0.25, -0.2) is 0 Å². The second-order valence-electron chi connectivity index (χ2n) is 6.97. The second-order valence-corrected chi connectivity index (χ2v) is 6.97. The molecule has 0 aliphatic heterocycles. The summed E-state index contributed by atoms with van der Waals surface area (Å²) in [6.07, 6.45) is 6.11. The molecular formula is C17H35N3. The zero-order chi connectivity index (χ0) is 14.4. The maximum absolute atomic E-state index is 3.59. The molecule has 1 N–H and O–H groups in total. The fourth-order valence-electron chi connectivity index (χ4n) is 4.26. The first kappa shape index (κ1) is 16.3. The number of fused-ring (bicyclic) bond motifs is 2. The molecule has 0 saturated heterocycles. The smallest absolute Gasteiger partial charge is 0.0107 e. The van der Waals surface area contributed by atoms with Crippen molar-refractivity contribution in [1.82, 2.24) is 15.1 Å². The van der Waals surface area contributed by atoms with Crippen LogP contribution in [0.1, 0.15) is 39.5 Å². The largest absolute Gasteiger partial charge is 0.314 e. The molecule has 118 valence electrons. The molecule has 3 nitrogen and oxygen atoms in total. The van der Waals surface area contributed by atoms with Crippen LogP contribution in [0.4, 0.5) is 0 Å². The number of hydrogen-bond acceptors (Lipinski definition) is 3. The van der Waals surface area contributed by atoms with Crippen molar-refractivity contribution >= 4 is 0 Å². The third-order valence-corrected chi connectivity index (χ3v) is 5.60. The summed E-state index contributed by atoms with van der Waals surface area (Å²) in [7, 11) is 2.30. The lowest BCUT2D eigenvalue weighted by atomic mass is 9.88. The predicted octanol–water partition coefficient (Wildman–Crippen LogP) is 2.29. The molecule has 2 saturated carbocycles. The standard InChI is InChI=1S/C17H35N3/c1-4-20(5-2)11-9-18-8-10-19(3)14-17-13-15-6-7-16(17)12-15/h15-18H,4-14H2,1-3H3. The molecule has 3 heteroatoms. The van der Waals surface area contributed by atoms with Gasteiger partial charge in [-0.3, -0.25) is 0 Å². The fourth-order valence-corrected chi connectivity index (χ4v) is 4.26. The molecule has 2 fully saturated rings. The number of nitrogens with one attached hydrogen (secondary N) is 1. The lowest BCUT2D eigenvalue weighted by Crippen LogP contribution is -2.37. The summed E-state index contributed by atoms with van der Waals surface area (Å²) < 4.78 is 0. The van der Waals surface area contributed by atoms with Gasteiger partial charge in [-0.05, 0) is 57.2 Å². The molecule has 2 aliphatic rings. The van der Waals surface area contributed by atoms with Gasteiger partial charge < -0.3 is 15.1 Å². The molecule has 0 spiro atoms. The quantitative estimate of drug-likeness (QED) is 0.620. The van der Waals surface area contributed by atoms with Crippen molar-refractivity contribution < 1.29 is 0 Å². The van der Waals surface area contributed by atoms with Crippen LogP contribution in [0.2, 0.25) is 0 Å². The van der Waals surface area contributed by atoms with E-state index in [4.69, 9.17) is 0 Å². The number of hydrogen-bond donors (Lipinski definition) is 1. The second kappa shape index (κ2) is 8.35. The van der Waals surface area contributed by atoms with Gasteiger partial charge in [0.1, 0.15) is 0 Å². The third-order valence-electron chi connectivity index (χ3n) is 5.60. The summed E-state index contributed by atoms with van der Waals surface area (Å²) >= 11 is 0. The van der Waals surface area contributed by atoms with E-state index in [0.717, 1.165) is 30.8 Å². The Morgan fingerprint density at radius 2 is 1.75 bits per heavy atom. The summed E-state index contributed by atoms with van der Waals surface area (Å²) in [5, 5.41) is 3.59. The summed E-state index contributed by atoms with van der Waals surface area (Å²) in [5.74, 6) is 3.16. The number of rotatable bonds is 10. The Kier molecular flexibility index (Phi) is 6.79. The minimum atomic E-state index is 1.01. The van der Waals surface area contributed by atoms with Crippen LogP contribution in [0.25, 0.3) is 0 Å². The molecule has 0 aromatic heterocycles. The van der Waals surface area contributed by atoms with Crippen molar-refractivity contribution in [2.45, 2.75) is 39.5 Å². The zero-order valence-electron chi connectivity index (χ0n) is 13.9.